The van der Waals surface area contributed by atoms with Gasteiger partial charge in [0.2, 0.25) is 0 Å². The second kappa shape index (κ2) is 6.12. The quantitative estimate of drug-likeness (QED) is 0.405. The zero-order valence-electron chi connectivity index (χ0n) is 11.0. The number of alkyl halides is 1. The number of fused-ring (bicyclic) bond motifs is 1. The van der Waals surface area contributed by atoms with Gasteiger partial charge in [0.05, 0.1) is 4.83 Å². The Bertz CT molecular complexity index is 811. The topological polar surface area (TPSA) is 17.1 Å². The van der Waals surface area contributed by atoms with Gasteiger partial charge in [-0.1, -0.05) is 68.3 Å². The summed E-state index contributed by atoms with van der Waals surface area (Å²) in [5.74, 6) is 0. The molecule has 1 atom stereocenters. The molecule has 3 rings (SSSR count). The lowest BCUT2D eigenvalue weighted by molar-refractivity contribution is -0.107. The molecule has 0 aromatic heterocycles. The second-order valence-electron chi connectivity index (χ2n) is 4.78. The van der Waals surface area contributed by atoms with E-state index in [2.05, 4.69) is 68.3 Å². The first kappa shape index (κ1) is 14.5. The summed E-state index contributed by atoms with van der Waals surface area (Å²) >= 11 is 6.80. The van der Waals surface area contributed by atoms with Crippen molar-refractivity contribution in [2.45, 2.75) is 4.83 Å². The summed E-state index contributed by atoms with van der Waals surface area (Å²) in [6.45, 7) is 0. The lowest BCUT2D eigenvalue weighted by Crippen LogP contribution is -1.90. The van der Waals surface area contributed by atoms with Gasteiger partial charge in [0.15, 0.2) is 0 Å². The van der Waals surface area contributed by atoms with E-state index in [4.69, 9.17) is 0 Å². The van der Waals surface area contributed by atoms with Crippen molar-refractivity contribution in [1.29, 1.82) is 0 Å². The third-order valence-electron chi connectivity index (χ3n) is 3.40. The predicted molar refractivity (Wildman–Crippen MR) is 93.7 cm³/mol. The molecular weight excluding hydrogens is 392 g/mol. The first-order valence-corrected chi connectivity index (χ1v) is 8.19. The third kappa shape index (κ3) is 3.09. The van der Waals surface area contributed by atoms with E-state index in [1.807, 2.05) is 24.3 Å². The van der Waals surface area contributed by atoms with E-state index < -0.39 is 0 Å². The Kier molecular flexibility index (Phi) is 4.22. The van der Waals surface area contributed by atoms with Crippen LogP contribution < -0.4 is 0 Å². The molecule has 0 aliphatic heterocycles. The minimum Gasteiger partial charge on any atom is -0.302 e. The molecule has 0 N–H and O–H groups in total. The van der Waals surface area contributed by atoms with Crippen molar-refractivity contribution in [2.75, 3.05) is 0 Å². The number of carbonyl (C=O) groups excluding carboxylic acids is 1. The molecule has 0 saturated heterocycles. The van der Waals surface area contributed by atoms with Crippen LogP contribution in [0.5, 0.6) is 0 Å². The lowest BCUT2D eigenvalue weighted by atomic mass is 9.99. The van der Waals surface area contributed by atoms with Crippen LogP contribution >= 0.6 is 31.9 Å². The van der Waals surface area contributed by atoms with Gasteiger partial charge in [0, 0.05) is 4.47 Å². The Morgan fingerprint density at radius 3 is 2.43 bits per heavy atom. The van der Waals surface area contributed by atoms with Gasteiger partial charge in [-0.2, -0.15) is 0 Å². The summed E-state index contributed by atoms with van der Waals surface area (Å²) in [6.07, 6.45) is 0.896. The van der Waals surface area contributed by atoms with Crippen LogP contribution in [0.4, 0.5) is 0 Å². The molecule has 0 saturated carbocycles. The minimum atomic E-state index is -0.248. The Morgan fingerprint density at radius 2 is 1.67 bits per heavy atom. The highest BCUT2D eigenvalue weighted by atomic mass is 79.9. The normalized spacial score (nSPS) is 12.3. The average Bonchev–Trinajstić information content (AvgIpc) is 2.53. The molecule has 103 valence electrons. The number of carbonyl (C=O) groups is 1. The number of rotatable bonds is 3. The van der Waals surface area contributed by atoms with Crippen LogP contribution in [0.1, 0.15) is 10.4 Å². The van der Waals surface area contributed by atoms with Crippen molar-refractivity contribution in [3.8, 4) is 11.1 Å². The minimum absolute atomic E-state index is 0.248. The monoisotopic (exact) mass is 401 g/mol. The summed E-state index contributed by atoms with van der Waals surface area (Å²) in [4.78, 5) is 10.6. The molecule has 0 spiro atoms. The summed E-state index contributed by atoms with van der Waals surface area (Å²) in [5, 5.41) is 2.29. The fourth-order valence-corrected chi connectivity index (χ4v) is 2.97. The van der Waals surface area contributed by atoms with Gasteiger partial charge in [-0.15, -0.1) is 0 Å². The fraction of sp³-hybridized carbons (Fsp3) is 0.0556. The van der Waals surface area contributed by atoms with Gasteiger partial charge in [-0.05, 0) is 51.7 Å². The van der Waals surface area contributed by atoms with Crippen molar-refractivity contribution in [3.05, 3.63) is 70.7 Å². The largest absolute Gasteiger partial charge is 0.302 e. The van der Waals surface area contributed by atoms with E-state index in [9.17, 15) is 4.79 Å². The zero-order valence-corrected chi connectivity index (χ0v) is 14.2. The number of hydrogen-bond donors (Lipinski definition) is 0. The van der Waals surface area contributed by atoms with Crippen LogP contribution in [0, 0.1) is 6.07 Å². The van der Waals surface area contributed by atoms with E-state index >= 15 is 0 Å². The van der Waals surface area contributed by atoms with Crippen molar-refractivity contribution >= 4 is 48.9 Å². The highest BCUT2D eigenvalue weighted by molar-refractivity contribution is 9.10. The van der Waals surface area contributed by atoms with Gasteiger partial charge in [-0.3, -0.25) is 0 Å². The molecular formula is C18H11Br2O. The standard InChI is InChI=1S/C18H11Br2O/c19-17-3-1-2-12(10-17)13-4-5-15-9-16(18(20)11-21)7-6-14(15)8-13/h1-2,4-11,18H. The van der Waals surface area contributed by atoms with Crippen LogP contribution in [0.15, 0.2) is 59.1 Å². The van der Waals surface area contributed by atoms with Crippen LogP contribution in [-0.4, -0.2) is 6.29 Å². The molecule has 0 aliphatic carbocycles. The van der Waals surface area contributed by atoms with E-state index in [0.29, 0.717) is 0 Å². The molecule has 3 aromatic rings. The lowest BCUT2D eigenvalue weighted by Gasteiger charge is -2.07. The van der Waals surface area contributed by atoms with Crippen molar-refractivity contribution in [2.24, 2.45) is 0 Å². The molecule has 3 heteroatoms. The molecule has 1 nitrogen and oxygen atoms in total. The highest BCUT2D eigenvalue weighted by Gasteiger charge is 2.07. The Balaban J connectivity index is 2.07. The molecule has 0 fully saturated rings. The van der Waals surface area contributed by atoms with Gasteiger partial charge in [0.25, 0.3) is 0 Å². The molecule has 21 heavy (non-hydrogen) atoms. The van der Waals surface area contributed by atoms with Gasteiger partial charge >= 0.3 is 0 Å². The van der Waals surface area contributed by atoms with Crippen molar-refractivity contribution < 1.29 is 4.79 Å². The van der Waals surface area contributed by atoms with E-state index in [-0.39, 0.29) is 4.83 Å². The van der Waals surface area contributed by atoms with Crippen molar-refractivity contribution in [3.63, 3.8) is 0 Å². The first-order valence-electron chi connectivity index (χ1n) is 6.48. The van der Waals surface area contributed by atoms with Crippen LogP contribution in [0.2, 0.25) is 0 Å². The highest BCUT2D eigenvalue weighted by Crippen LogP contribution is 2.29. The summed E-state index contributed by atoms with van der Waals surface area (Å²) in [5.41, 5.74) is 3.29. The summed E-state index contributed by atoms with van der Waals surface area (Å²) in [7, 11) is 0. The molecule has 0 amide bonds. The van der Waals surface area contributed by atoms with Crippen molar-refractivity contribution in [1.82, 2.24) is 0 Å². The Morgan fingerprint density at radius 1 is 0.952 bits per heavy atom. The molecule has 0 heterocycles. The van der Waals surface area contributed by atoms with Crippen LogP contribution in [0.25, 0.3) is 21.9 Å². The summed E-state index contributed by atoms with van der Waals surface area (Å²) in [6, 6.07) is 21.5. The fourth-order valence-electron chi connectivity index (χ4n) is 2.31. The number of aldehydes is 1. The molecule has 3 aromatic carbocycles. The van der Waals surface area contributed by atoms with E-state index in [0.717, 1.165) is 38.2 Å². The van der Waals surface area contributed by atoms with Gasteiger partial charge < -0.3 is 4.79 Å². The second-order valence-corrected chi connectivity index (χ2v) is 6.63. The number of hydrogen-bond acceptors (Lipinski definition) is 1. The summed E-state index contributed by atoms with van der Waals surface area (Å²) < 4.78 is 0.948. The zero-order chi connectivity index (χ0) is 14.8. The van der Waals surface area contributed by atoms with E-state index in [1.165, 1.54) is 0 Å². The maximum Gasteiger partial charge on any atom is 0.138 e. The predicted octanol–water partition coefficient (Wildman–Crippen LogP) is 5.70. The van der Waals surface area contributed by atoms with Crippen LogP contribution in [0.3, 0.4) is 0 Å². The molecule has 0 bridgehead atoms. The first-order chi connectivity index (χ1) is 10.2. The number of benzene rings is 3. The molecule has 0 aliphatic rings. The molecule has 1 unspecified atom stereocenters. The Labute approximate surface area is 140 Å². The van der Waals surface area contributed by atoms with Gasteiger partial charge in [0.1, 0.15) is 6.29 Å². The Hall–Kier alpha value is -1.45. The maximum atomic E-state index is 10.9. The van der Waals surface area contributed by atoms with E-state index in [1.54, 1.807) is 0 Å². The smallest absolute Gasteiger partial charge is 0.138 e. The third-order valence-corrected chi connectivity index (χ3v) is 4.60. The average molecular weight is 403 g/mol. The van der Waals surface area contributed by atoms with Crippen LogP contribution in [-0.2, 0) is 4.79 Å². The SMILES string of the molecule is O=CC(Br)c1ccc2cc(-c3cc[c]c(Br)c3)ccc2c1. The number of halogens is 2. The maximum absolute atomic E-state index is 10.9. The molecule has 1 radical (unpaired) electrons. The van der Waals surface area contributed by atoms with Gasteiger partial charge in [-0.25, -0.2) is 0 Å².